The fraction of sp³-hybridized carbons (Fsp3) is 0.294. The predicted molar refractivity (Wildman–Crippen MR) is 101 cm³/mol. The minimum Gasteiger partial charge on any atom is -0.308 e. The summed E-state index contributed by atoms with van der Waals surface area (Å²) in [4.78, 5) is 10.4. The van der Waals surface area contributed by atoms with Gasteiger partial charge in [-0.1, -0.05) is 24.3 Å². The first-order chi connectivity index (χ1) is 11.9. The molecule has 140 valence electrons. The average molecular weight is 398 g/mol. The largest absolute Gasteiger partial charge is 0.308 e. The minimum absolute atomic E-state index is 0. The molecule has 1 atom stereocenters. The highest BCUT2D eigenvalue weighted by Gasteiger charge is 2.23. The predicted octanol–water partition coefficient (Wildman–Crippen LogP) is 2.49. The quantitative estimate of drug-likeness (QED) is 0.596. The lowest BCUT2D eigenvalue weighted by Gasteiger charge is -2.27. The Morgan fingerprint density at radius 1 is 1.27 bits per heavy atom. The summed E-state index contributed by atoms with van der Waals surface area (Å²) in [5.41, 5.74) is 2.53. The van der Waals surface area contributed by atoms with Gasteiger partial charge in [-0.3, -0.25) is 10.1 Å². The van der Waals surface area contributed by atoms with E-state index in [2.05, 4.69) is 16.1 Å². The number of hydrogen-bond acceptors (Lipinski definition) is 5. The molecule has 3 rings (SSSR count). The first kappa shape index (κ1) is 20.3. The van der Waals surface area contributed by atoms with Crippen LogP contribution < -0.4 is 10.0 Å². The molecule has 2 aromatic rings. The number of hydrogen-bond donors (Lipinski definition) is 2. The van der Waals surface area contributed by atoms with Gasteiger partial charge in [0.05, 0.1) is 9.82 Å². The highest BCUT2D eigenvalue weighted by molar-refractivity contribution is 7.89. The SMILES string of the molecule is Cc1cc(S(=O)(=O)NCC2NCCc3ccccc32)ccc1[N+](=O)[O-].Cl. The number of rotatable bonds is 5. The Morgan fingerprint density at radius 3 is 2.69 bits per heavy atom. The second-order valence-corrected chi connectivity index (χ2v) is 7.78. The van der Waals surface area contributed by atoms with Crippen molar-refractivity contribution >= 4 is 28.1 Å². The lowest BCUT2D eigenvalue weighted by Crippen LogP contribution is -2.38. The van der Waals surface area contributed by atoms with E-state index in [1.165, 1.54) is 30.7 Å². The number of sulfonamides is 1. The van der Waals surface area contributed by atoms with E-state index < -0.39 is 14.9 Å². The minimum atomic E-state index is -3.74. The standard InChI is InChI=1S/C17H19N3O4S.ClH/c1-12-10-14(6-7-17(12)20(21)22)25(23,24)19-11-16-15-5-3-2-4-13(15)8-9-18-16;/h2-7,10,16,18-19H,8-9,11H2,1H3;1H. The first-order valence-electron chi connectivity index (χ1n) is 7.94. The number of nitrogens with zero attached hydrogens (tertiary/aromatic N) is 1. The zero-order valence-corrected chi connectivity index (χ0v) is 15.8. The Bertz CT molecular complexity index is 918. The summed E-state index contributed by atoms with van der Waals surface area (Å²) < 4.78 is 27.6. The van der Waals surface area contributed by atoms with E-state index >= 15 is 0 Å². The number of halogens is 1. The van der Waals surface area contributed by atoms with Crippen molar-refractivity contribution in [3.05, 3.63) is 69.3 Å². The van der Waals surface area contributed by atoms with Gasteiger partial charge < -0.3 is 5.32 Å². The number of nitro benzene ring substituents is 1. The number of nitro groups is 1. The van der Waals surface area contributed by atoms with Crippen LogP contribution in [0.15, 0.2) is 47.4 Å². The van der Waals surface area contributed by atoms with Crippen molar-refractivity contribution in [1.29, 1.82) is 0 Å². The second-order valence-electron chi connectivity index (χ2n) is 6.01. The summed E-state index contributed by atoms with van der Waals surface area (Å²) in [6.45, 7) is 2.53. The molecule has 0 aliphatic carbocycles. The molecule has 1 unspecified atom stereocenters. The van der Waals surface area contributed by atoms with Gasteiger partial charge >= 0.3 is 0 Å². The number of aryl methyl sites for hydroxylation is 1. The van der Waals surface area contributed by atoms with E-state index in [0.717, 1.165) is 18.5 Å². The molecule has 0 fully saturated rings. The molecule has 0 spiro atoms. The average Bonchev–Trinajstić information content (AvgIpc) is 2.59. The molecule has 1 aliphatic heterocycles. The third-order valence-electron chi connectivity index (χ3n) is 4.37. The Morgan fingerprint density at radius 2 is 2.00 bits per heavy atom. The highest BCUT2D eigenvalue weighted by Crippen LogP contribution is 2.24. The van der Waals surface area contributed by atoms with Gasteiger partial charge in [0, 0.05) is 24.2 Å². The topological polar surface area (TPSA) is 101 Å². The Hall–Kier alpha value is -2.00. The molecule has 0 amide bonds. The molecular weight excluding hydrogens is 378 g/mol. The molecule has 26 heavy (non-hydrogen) atoms. The lowest BCUT2D eigenvalue weighted by atomic mass is 9.95. The Balaban J connectivity index is 0.00000243. The van der Waals surface area contributed by atoms with Gasteiger partial charge in [0.25, 0.3) is 5.69 Å². The number of benzene rings is 2. The van der Waals surface area contributed by atoms with Gasteiger partial charge in [-0.2, -0.15) is 0 Å². The number of nitrogens with one attached hydrogen (secondary N) is 2. The van der Waals surface area contributed by atoms with Gasteiger partial charge in [-0.25, -0.2) is 13.1 Å². The van der Waals surface area contributed by atoms with Crippen LogP contribution in [0.5, 0.6) is 0 Å². The van der Waals surface area contributed by atoms with Crippen LogP contribution in [-0.2, 0) is 16.4 Å². The van der Waals surface area contributed by atoms with Crippen LogP contribution in [0.25, 0.3) is 0 Å². The summed E-state index contributed by atoms with van der Waals surface area (Å²) in [5.74, 6) is 0. The van der Waals surface area contributed by atoms with Gasteiger partial charge in [0.15, 0.2) is 0 Å². The van der Waals surface area contributed by atoms with Crippen LogP contribution in [0.1, 0.15) is 22.7 Å². The molecule has 0 saturated heterocycles. The van der Waals surface area contributed by atoms with Crippen LogP contribution in [0.3, 0.4) is 0 Å². The molecule has 7 nitrogen and oxygen atoms in total. The van der Waals surface area contributed by atoms with E-state index in [0.29, 0.717) is 5.56 Å². The zero-order valence-electron chi connectivity index (χ0n) is 14.1. The molecule has 1 heterocycles. The molecule has 2 aromatic carbocycles. The third-order valence-corrected chi connectivity index (χ3v) is 5.79. The summed E-state index contributed by atoms with van der Waals surface area (Å²) in [6.07, 6.45) is 0.918. The maximum absolute atomic E-state index is 12.5. The molecule has 0 saturated carbocycles. The van der Waals surface area contributed by atoms with Gasteiger partial charge in [0.1, 0.15) is 0 Å². The van der Waals surface area contributed by atoms with Crippen molar-refractivity contribution in [2.45, 2.75) is 24.3 Å². The van der Waals surface area contributed by atoms with Crippen molar-refractivity contribution in [3.8, 4) is 0 Å². The zero-order chi connectivity index (χ0) is 18.0. The van der Waals surface area contributed by atoms with Crippen LogP contribution in [-0.4, -0.2) is 26.4 Å². The fourth-order valence-corrected chi connectivity index (χ4v) is 4.18. The molecule has 0 bridgehead atoms. The van der Waals surface area contributed by atoms with Crippen LogP contribution >= 0.6 is 12.4 Å². The normalized spacial score (nSPS) is 16.4. The van der Waals surface area contributed by atoms with E-state index in [1.54, 1.807) is 0 Å². The van der Waals surface area contributed by atoms with E-state index in [1.807, 2.05) is 18.2 Å². The molecular formula is C17H20ClN3O4S. The Kier molecular flexibility index (Phi) is 6.35. The van der Waals surface area contributed by atoms with Crippen molar-refractivity contribution in [2.75, 3.05) is 13.1 Å². The summed E-state index contributed by atoms with van der Waals surface area (Å²) in [5, 5.41) is 14.2. The van der Waals surface area contributed by atoms with Crippen molar-refractivity contribution in [2.24, 2.45) is 0 Å². The summed E-state index contributed by atoms with van der Waals surface area (Å²) in [7, 11) is -3.74. The van der Waals surface area contributed by atoms with Crippen LogP contribution in [0.4, 0.5) is 5.69 Å². The maximum atomic E-state index is 12.5. The maximum Gasteiger partial charge on any atom is 0.272 e. The third kappa shape index (κ3) is 4.21. The molecule has 9 heteroatoms. The summed E-state index contributed by atoms with van der Waals surface area (Å²) in [6, 6.07) is 11.7. The van der Waals surface area contributed by atoms with Crippen LogP contribution in [0.2, 0.25) is 0 Å². The van der Waals surface area contributed by atoms with Gasteiger partial charge in [-0.05, 0) is 43.1 Å². The van der Waals surface area contributed by atoms with Crippen molar-refractivity contribution in [3.63, 3.8) is 0 Å². The van der Waals surface area contributed by atoms with Crippen molar-refractivity contribution < 1.29 is 13.3 Å². The van der Waals surface area contributed by atoms with E-state index in [9.17, 15) is 18.5 Å². The first-order valence-corrected chi connectivity index (χ1v) is 9.43. The smallest absolute Gasteiger partial charge is 0.272 e. The van der Waals surface area contributed by atoms with Crippen molar-refractivity contribution in [1.82, 2.24) is 10.0 Å². The van der Waals surface area contributed by atoms with Crippen LogP contribution in [0, 0.1) is 17.0 Å². The lowest BCUT2D eigenvalue weighted by molar-refractivity contribution is -0.385. The van der Waals surface area contributed by atoms with E-state index in [4.69, 9.17) is 0 Å². The molecule has 1 aliphatic rings. The van der Waals surface area contributed by atoms with Gasteiger partial charge in [0.2, 0.25) is 10.0 Å². The molecule has 0 aromatic heterocycles. The summed E-state index contributed by atoms with van der Waals surface area (Å²) >= 11 is 0. The highest BCUT2D eigenvalue weighted by atomic mass is 35.5. The monoisotopic (exact) mass is 397 g/mol. The fourth-order valence-electron chi connectivity index (χ4n) is 3.05. The Labute approximate surface area is 158 Å². The van der Waals surface area contributed by atoms with E-state index in [-0.39, 0.29) is 35.6 Å². The molecule has 0 radical (unpaired) electrons. The molecule has 2 N–H and O–H groups in total. The number of fused-ring (bicyclic) bond motifs is 1. The van der Waals surface area contributed by atoms with Gasteiger partial charge in [-0.15, -0.1) is 12.4 Å². The second kappa shape index (κ2) is 8.13.